The predicted octanol–water partition coefficient (Wildman–Crippen LogP) is 2.56. The number of rotatable bonds is 4. The number of nitrogens with one attached hydrogen (secondary N) is 2. The molecule has 1 aliphatic rings. The lowest BCUT2D eigenvalue weighted by Crippen LogP contribution is -2.43. The molecule has 1 aromatic carbocycles. The van der Waals surface area contributed by atoms with E-state index in [0.717, 1.165) is 25.1 Å². The Morgan fingerprint density at radius 2 is 2.27 bits per heavy atom. The maximum atomic E-state index is 12.2. The van der Waals surface area contributed by atoms with E-state index in [-0.39, 0.29) is 18.2 Å². The molecule has 0 saturated carbocycles. The van der Waals surface area contributed by atoms with Gasteiger partial charge >= 0.3 is 6.03 Å². The number of amides is 2. The van der Waals surface area contributed by atoms with E-state index in [1.165, 1.54) is 0 Å². The molecule has 22 heavy (non-hydrogen) atoms. The van der Waals surface area contributed by atoms with Gasteiger partial charge in [-0.3, -0.25) is 0 Å². The fraction of sp³-hybridized carbons (Fsp3) is 0.375. The molecule has 1 aliphatic heterocycles. The predicted molar refractivity (Wildman–Crippen MR) is 84.2 cm³/mol. The minimum absolute atomic E-state index is 0.0145. The van der Waals surface area contributed by atoms with Crippen LogP contribution in [0.1, 0.15) is 19.8 Å². The summed E-state index contributed by atoms with van der Waals surface area (Å²) in [4.78, 5) is 12.2. The Bertz CT molecular complexity index is 621. The van der Waals surface area contributed by atoms with Gasteiger partial charge in [0.1, 0.15) is 0 Å². The van der Waals surface area contributed by atoms with Crippen molar-refractivity contribution in [1.29, 1.82) is 0 Å². The topological polar surface area (TPSA) is 68.2 Å². The van der Waals surface area contributed by atoms with Crippen LogP contribution in [0.4, 0.5) is 10.5 Å². The highest BCUT2D eigenvalue weighted by atomic mass is 16.5. The fourth-order valence-corrected chi connectivity index (χ4v) is 2.65. The van der Waals surface area contributed by atoms with E-state index < -0.39 is 0 Å². The number of carbonyl (C=O) groups is 1. The normalized spacial score (nSPS) is 18.9. The summed E-state index contributed by atoms with van der Waals surface area (Å²) in [6, 6.07) is 9.15. The molecule has 1 aromatic heterocycles. The largest absolute Gasteiger partial charge is 0.376 e. The van der Waals surface area contributed by atoms with Crippen LogP contribution in [0.3, 0.4) is 0 Å². The van der Waals surface area contributed by atoms with Crippen LogP contribution in [0.2, 0.25) is 0 Å². The third kappa shape index (κ3) is 3.28. The first kappa shape index (κ1) is 14.6. The van der Waals surface area contributed by atoms with Gasteiger partial charge in [-0.15, -0.1) is 0 Å². The Morgan fingerprint density at radius 1 is 1.41 bits per heavy atom. The van der Waals surface area contributed by atoms with Gasteiger partial charge in [-0.1, -0.05) is 12.1 Å². The third-order valence-corrected chi connectivity index (χ3v) is 3.78. The lowest BCUT2D eigenvalue weighted by molar-refractivity contribution is 0.0868. The van der Waals surface area contributed by atoms with Crippen molar-refractivity contribution in [2.75, 3.05) is 11.9 Å². The van der Waals surface area contributed by atoms with Gasteiger partial charge in [0.2, 0.25) is 0 Å². The lowest BCUT2D eigenvalue weighted by Gasteiger charge is -2.20. The number of benzene rings is 1. The molecule has 0 spiro atoms. The van der Waals surface area contributed by atoms with Crippen LogP contribution in [0.15, 0.2) is 42.7 Å². The molecule has 0 bridgehead atoms. The number of aromatic nitrogens is 2. The lowest BCUT2D eigenvalue weighted by atomic mass is 10.1. The van der Waals surface area contributed by atoms with Gasteiger partial charge in [-0.05, 0) is 38.0 Å². The van der Waals surface area contributed by atoms with Crippen LogP contribution in [0.5, 0.6) is 0 Å². The van der Waals surface area contributed by atoms with Gasteiger partial charge < -0.3 is 15.4 Å². The van der Waals surface area contributed by atoms with E-state index in [0.29, 0.717) is 5.69 Å². The zero-order valence-electron chi connectivity index (χ0n) is 12.5. The molecule has 2 N–H and O–H groups in total. The summed E-state index contributed by atoms with van der Waals surface area (Å²) in [6.45, 7) is 2.75. The standard InChI is InChI=1S/C16H20N4O2/c1-12(15-8-4-11-22-15)18-16(21)19-13-6-2-3-7-14(13)20-10-5-9-17-20/h2-3,5-7,9-10,12,15H,4,8,11H2,1H3,(H2,18,19,21)/t12-,15-/m0/s1. The summed E-state index contributed by atoms with van der Waals surface area (Å²) >= 11 is 0. The van der Waals surface area contributed by atoms with Crippen molar-refractivity contribution in [2.24, 2.45) is 0 Å². The Morgan fingerprint density at radius 3 is 3.00 bits per heavy atom. The Balaban J connectivity index is 1.66. The van der Waals surface area contributed by atoms with E-state index in [1.54, 1.807) is 10.9 Å². The van der Waals surface area contributed by atoms with Crippen molar-refractivity contribution in [3.8, 4) is 5.69 Å². The molecule has 6 heteroatoms. The highest BCUT2D eigenvalue weighted by Gasteiger charge is 2.23. The molecule has 0 aliphatic carbocycles. The number of urea groups is 1. The number of anilines is 1. The first-order valence-corrected chi connectivity index (χ1v) is 7.52. The Labute approximate surface area is 129 Å². The fourth-order valence-electron chi connectivity index (χ4n) is 2.65. The van der Waals surface area contributed by atoms with E-state index in [4.69, 9.17) is 4.74 Å². The molecule has 1 fully saturated rings. The van der Waals surface area contributed by atoms with Gasteiger partial charge in [0.15, 0.2) is 0 Å². The second-order valence-electron chi connectivity index (χ2n) is 5.41. The highest BCUT2D eigenvalue weighted by molar-refractivity contribution is 5.91. The Kier molecular flexibility index (Phi) is 4.39. The number of nitrogens with zero attached hydrogens (tertiary/aromatic N) is 2. The minimum Gasteiger partial charge on any atom is -0.376 e. The third-order valence-electron chi connectivity index (χ3n) is 3.78. The monoisotopic (exact) mass is 300 g/mol. The van der Waals surface area contributed by atoms with Crippen LogP contribution in [0.25, 0.3) is 5.69 Å². The first-order valence-electron chi connectivity index (χ1n) is 7.52. The summed E-state index contributed by atoms with van der Waals surface area (Å²) in [5.74, 6) is 0. The number of hydrogen-bond donors (Lipinski definition) is 2. The van der Waals surface area contributed by atoms with Crippen molar-refractivity contribution in [2.45, 2.75) is 31.9 Å². The zero-order chi connectivity index (χ0) is 15.4. The summed E-state index contributed by atoms with van der Waals surface area (Å²) in [7, 11) is 0. The zero-order valence-corrected chi connectivity index (χ0v) is 12.5. The maximum Gasteiger partial charge on any atom is 0.319 e. The van der Waals surface area contributed by atoms with Crippen molar-refractivity contribution in [1.82, 2.24) is 15.1 Å². The van der Waals surface area contributed by atoms with Crippen molar-refractivity contribution in [3.05, 3.63) is 42.7 Å². The Hall–Kier alpha value is -2.34. The SMILES string of the molecule is C[C@H](NC(=O)Nc1ccccc1-n1cccn1)[C@@H]1CCCO1. The number of hydrogen-bond acceptors (Lipinski definition) is 3. The maximum absolute atomic E-state index is 12.2. The molecule has 2 atom stereocenters. The molecular formula is C16H20N4O2. The molecule has 116 valence electrons. The van der Waals surface area contributed by atoms with Crippen LogP contribution >= 0.6 is 0 Å². The summed E-state index contributed by atoms with van der Waals surface area (Å²) in [5, 5.41) is 10.0. The van der Waals surface area contributed by atoms with Crippen LogP contribution < -0.4 is 10.6 Å². The second kappa shape index (κ2) is 6.62. The van der Waals surface area contributed by atoms with Gasteiger partial charge in [-0.2, -0.15) is 5.10 Å². The molecule has 2 amide bonds. The van der Waals surface area contributed by atoms with Crippen LogP contribution in [-0.4, -0.2) is 34.6 Å². The summed E-state index contributed by atoms with van der Waals surface area (Å²) in [5.41, 5.74) is 1.54. The summed E-state index contributed by atoms with van der Waals surface area (Å²) in [6.07, 6.45) is 5.70. The summed E-state index contributed by atoms with van der Waals surface area (Å²) < 4.78 is 7.31. The average Bonchev–Trinajstić information content (AvgIpc) is 3.21. The quantitative estimate of drug-likeness (QED) is 0.912. The molecule has 6 nitrogen and oxygen atoms in total. The van der Waals surface area contributed by atoms with E-state index in [9.17, 15) is 4.79 Å². The van der Waals surface area contributed by atoms with Crippen molar-refractivity contribution < 1.29 is 9.53 Å². The molecule has 2 aromatic rings. The number of ether oxygens (including phenoxy) is 1. The second-order valence-corrected chi connectivity index (χ2v) is 5.41. The first-order chi connectivity index (χ1) is 10.7. The van der Waals surface area contributed by atoms with E-state index in [2.05, 4.69) is 15.7 Å². The van der Waals surface area contributed by atoms with Crippen molar-refractivity contribution >= 4 is 11.7 Å². The highest BCUT2D eigenvalue weighted by Crippen LogP contribution is 2.19. The number of para-hydroxylation sites is 2. The average molecular weight is 300 g/mol. The number of carbonyl (C=O) groups excluding carboxylic acids is 1. The van der Waals surface area contributed by atoms with Crippen LogP contribution in [-0.2, 0) is 4.74 Å². The smallest absolute Gasteiger partial charge is 0.319 e. The van der Waals surface area contributed by atoms with E-state index in [1.807, 2.05) is 43.5 Å². The molecule has 1 saturated heterocycles. The molecule has 0 unspecified atom stereocenters. The van der Waals surface area contributed by atoms with Crippen LogP contribution in [0, 0.1) is 0 Å². The minimum atomic E-state index is -0.234. The van der Waals surface area contributed by atoms with Gasteiger partial charge in [0.25, 0.3) is 0 Å². The molecule has 3 rings (SSSR count). The molecule has 2 heterocycles. The van der Waals surface area contributed by atoms with Crippen molar-refractivity contribution in [3.63, 3.8) is 0 Å². The van der Waals surface area contributed by atoms with Gasteiger partial charge in [0, 0.05) is 19.0 Å². The molecular weight excluding hydrogens is 280 g/mol. The van der Waals surface area contributed by atoms with Gasteiger partial charge in [-0.25, -0.2) is 9.48 Å². The molecule has 0 radical (unpaired) electrons. The van der Waals surface area contributed by atoms with Gasteiger partial charge in [0.05, 0.1) is 23.5 Å². The van der Waals surface area contributed by atoms with E-state index >= 15 is 0 Å².